The molecule has 0 saturated heterocycles. The lowest BCUT2D eigenvalue weighted by Crippen LogP contribution is -2.36. The lowest BCUT2D eigenvalue weighted by Gasteiger charge is -2.08. The molecule has 0 unspecified atom stereocenters. The van der Waals surface area contributed by atoms with Crippen LogP contribution in [0.25, 0.3) is 10.9 Å². The summed E-state index contributed by atoms with van der Waals surface area (Å²) in [5, 5.41) is 3.02. The largest absolute Gasteiger partial charge is 0.369 e. The second-order valence-electron chi connectivity index (χ2n) is 4.92. The number of nitrogens with two attached hydrogens (primary N) is 2. The Labute approximate surface area is 146 Å². The third-order valence-electron chi connectivity index (χ3n) is 3.12. The Morgan fingerprint density at radius 1 is 1.21 bits per heavy atom. The predicted molar refractivity (Wildman–Crippen MR) is 91.8 cm³/mol. The first kappa shape index (κ1) is 18.4. The standard InChI is InChI=1S/C13H16BrN5O4S/c14-7-1-2-9-8(5-7)12(11(19-9)13(16)21)24(22,23)18-4-3-17-6-10(15)20/h1-2,5,17-19H,3-4,6H2,(H2,15,20)(H2,16,21). The van der Waals surface area contributed by atoms with Gasteiger partial charge in [-0.2, -0.15) is 0 Å². The third-order valence-corrected chi connectivity index (χ3v) is 5.16. The van der Waals surface area contributed by atoms with Gasteiger partial charge >= 0.3 is 0 Å². The lowest BCUT2D eigenvalue weighted by molar-refractivity contribution is -0.117. The maximum atomic E-state index is 12.6. The van der Waals surface area contributed by atoms with Crippen LogP contribution in [0, 0.1) is 0 Å². The van der Waals surface area contributed by atoms with Gasteiger partial charge in [-0.3, -0.25) is 9.59 Å². The van der Waals surface area contributed by atoms with Gasteiger partial charge in [0.2, 0.25) is 15.9 Å². The fraction of sp³-hybridized carbons (Fsp3) is 0.231. The number of nitrogens with one attached hydrogen (secondary N) is 3. The van der Waals surface area contributed by atoms with Crippen molar-refractivity contribution in [1.29, 1.82) is 0 Å². The fourth-order valence-corrected chi connectivity index (χ4v) is 3.90. The summed E-state index contributed by atoms with van der Waals surface area (Å²) in [6.45, 7) is 0.142. The van der Waals surface area contributed by atoms with Crippen LogP contribution < -0.4 is 21.5 Å². The Morgan fingerprint density at radius 3 is 2.54 bits per heavy atom. The van der Waals surface area contributed by atoms with Gasteiger partial charge in [0.25, 0.3) is 5.91 Å². The number of hydrogen-bond acceptors (Lipinski definition) is 5. The molecule has 0 aliphatic heterocycles. The molecule has 2 aromatic rings. The average molecular weight is 418 g/mol. The van der Waals surface area contributed by atoms with Crippen LogP contribution >= 0.6 is 15.9 Å². The van der Waals surface area contributed by atoms with Crippen molar-refractivity contribution < 1.29 is 18.0 Å². The van der Waals surface area contributed by atoms with Gasteiger partial charge in [0.15, 0.2) is 0 Å². The zero-order chi connectivity index (χ0) is 17.9. The molecule has 130 valence electrons. The molecule has 2 amide bonds. The first-order valence-corrected chi connectivity index (χ1v) is 9.09. The van der Waals surface area contributed by atoms with Crippen molar-refractivity contribution in [2.24, 2.45) is 11.5 Å². The number of fused-ring (bicyclic) bond motifs is 1. The number of rotatable bonds is 8. The highest BCUT2D eigenvalue weighted by molar-refractivity contribution is 9.10. The van der Waals surface area contributed by atoms with E-state index in [2.05, 4.69) is 31.0 Å². The molecule has 1 heterocycles. The van der Waals surface area contributed by atoms with Crippen LogP contribution in [0.2, 0.25) is 0 Å². The quantitative estimate of drug-likeness (QED) is 0.361. The van der Waals surface area contributed by atoms with Gasteiger partial charge in [0, 0.05) is 28.5 Å². The minimum absolute atomic E-state index is 0.00842. The molecule has 0 bridgehead atoms. The summed E-state index contributed by atoms with van der Waals surface area (Å²) in [6.07, 6.45) is 0. The van der Waals surface area contributed by atoms with E-state index in [0.29, 0.717) is 15.4 Å². The van der Waals surface area contributed by atoms with E-state index in [1.165, 1.54) is 0 Å². The number of halogens is 1. The second-order valence-corrected chi connectivity index (χ2v) is 7.54. The number of amides is 2. The molecule has 0 atom stereocenters. The van der Waals surface area contributed by atoms with E-state index in [1.54, 1.807) is 18.2 Å². The van der Waals surface area contributed by atoms with Crippen LogP contribution in [0.4, 0.5) is 0 Å². The smallest absolute Gasteiger partial charge is 0.266 e. The first-order valence-electron chi connectivity index (χ1n) is 6.82. The SMILES string of the molecule is NC(=O)CNCCNS(=O)(=O)c1c(C(N)=O)[nH]c2ccc(Br)cc12. The van der Waals surface area contributed by atoms with E-state index >= 15 is 0 Å². The third kappa shape index (κ3) is 4.12. The second kappa shape index (κ2) is 7.30. The van der Waals surface area contributed by atoms with Gasteiger partial charge < -0.3 is 21.8 Å². The summed E-state index contributed by atoms with van der Waals surface area (Å²) >= 11 is 3.27. The topological polar surface area (TPSA) is 160 Å². The number of aromatic amines is 1. The zero-order valence-corrected chi connectivity index (χ0v) is 14.8. The summed E-state index contributed by atoms with van der Waals surface area (Å²) in [5.74, 6) is -1.43. The highest BCUT2D eigenvalue weighted by Gasteiger charge is 2.26. The van der Waals surface area contributed by atoms with Crippen LogP contribution in [-0.4, -0.2) is 44.9 Å². The number of carbonyl (C=O) groups is 2. The Hall–Kier alpha value is -1.95. The number of sulfonamides is 1. The molecule has 0 aliphatic rings. The molecule has 0 fully saturated rings. The average Bonchev–Trinajstić information content (AvgIpc) is 2.86. The van der Waals surface area contributed by atoms with E-state index in [-0.39, 0.29) is 30.2 Å². The summed E-state index contributed by atoms with van der Waals surface area (Å²) in [6, 6.07) is 4.93. The van der Waals surface area contributed by atoms with E-state index in [4.69, 9.17) is 11.5 Å². The highest BCUT2D eigenvalue weighted by Crippen LogP contribution is 2.29. The van der Waals surface area contributed by atoms with E-state index in [1.807, 2.05) is 0 Å². The molecule has 0 saturated carbocycles. The Balaban J connectivity index is 2.31. The molecule has 0 radical (unpaired) electrons. The number of aromatic nitrogens is 1. The summed E-state index contributed by atoms with van der Waals surface area (Å²) in [7, 11) is -4.00. The molecule has 7 N–H and O–H groups in total. The van der Waals surface area contributed by atoms with Gasteiger partial charge in [-0.15, -0.1) is 0 Å². The van der Waals surface area contributed by atoms with Gasteiger partial charge in [0.1, 0.15) is 10.6 Å². The molecule has 24 heavy (non-hydrogen) atoms. The van der Waals surface area contributed by atoms with Crippen LogP contribution in [0.3, 0.4) is 0 Å². The molecule has 9 nitrogen and oxygen atoms in total. The number of H-pyrrole nitrogens is 1. The number of carbonyl (C=O) groups excluding carboxylic acids is 2. The predicted octanol–water partition coefficient (Wildman–Crippen LogP) is -0.617. The minimum atomic E-state index is -4.00. The summed E-state index contributed by atoms with van der Waals surface area (Å²) in [5.41, 5.74) is 10.5. The molecular weight excluding hydrogens is 402 g/mol. The number of benzene rings is 1. The van der Waals surface area contributed by atoms with Gasteiger partial charge in [-0.05, 0) is 18.2 Å². The van der Waals surface area contributed by atoms with Crippen LogP contribution in [0.15, 0.2) is 27.6 Å². The highest BCUT2D eigenvalue weighted by atomic mass is 79.9. The monoisotopic (exact) mass is 417 g/mol. The Kier molecular flexibility index (Phi) is 5.59. The van der Waals surface area contributed by atoms with E-state index in [9.17, 15) is 18.0 Å². The minimum Gasteiger partial charge on any atom is -0.369 e. The van der Waals surface area contributed by atoms with Crippen molar-refractivity contribution in [3.8, 4) is 0 Å². The number of primary amides is 2. The number of hydrogen-bond donors (Lipinski definition) is 5. The molecular formula is C13H16BrN5O4S. The van der Waals surface area contributed by atoms with Crippen molar-refractivity contribution >= 4 is 48.7 Å². The lowest BCUT2D eigenvalue weighted by atomic mass is 10.2. The van der Waals surface area contributed by atoms with Gasteiger partial charge in [0.05, 0.1) is 6.54 Å². The van der Waals surface area contributed by atoms with Crippen molar-refractivity contribution in [1.82, 2.24) is 15.0 Å². The summed E-state index contributed by atoms with van der Waals surface area (Å²) in [4.78, 5) is 24.7. The normalized spacial score (nSPS) is 11.7. The van der Waals surface area contributed by atoms with Crippen molar-refractivity contribution in [2.45, 2.75) is 4.90 Å². The Bertz CT molecular complexity index is 893. The zero-order valence-electron chi connectivity index (χ0n) is 12.4. The fourth-order valence-electron chi connectivity index (χ4n) is 2.15. The van der Waals surface area contributed by atoms with Crippen molar-refractivity contribution in [3.05, 3.63) is 28.4 Å². The van der Waals surface area contributed by atoms with Gasteiger partial charge in [-0.1, -0.05) is 15.9 Å². The summed E-state index contributed by atoms with van der Waals surface area (Å²) < 4.78 is 28.1. The van der Waals surface area contributed by atoms with E-state index in [0.717, 1.165) is 0 Å². The van der Waals surface area contributed by atoms with Crippen LogP contribution in [-0.2, 0) is 14.8 Å². The van der Waals surface area contributed by atoms with Crippen LogP contribution in [0.1, 0.15) is 10.5 Å². The molecule has 0 aliphatic carbocycles. The molecule has 1 aromatic carbocycles. The first-order chi connectivity index (χ1) is 11.2. The maximum absolute atomic E-state index is 12.6. The van der Waals surface area contributed by atoms with E-state index < -0.39 is 21.8 Å². The van der Waals surface area contributed by atoms with Crippen molar-refractivity contribution in [2.75, 3.05) is 19.6 Å². The van der Waals surface area contributed by atoms with Crippen molar-refractivity contribution in [3.63, 3.8) is 0 Å². The maximum Gasteiger partial charge on any atom is 0.266 e. The molecule has 0 spiro atoms. The van der Waals surface area contributed by atoms with Crippen LogP contribution in [0.5, 0.6) is 0 Å². The molecule has 11 heteroatoms. The molecule has 1 aromatic heterocycles. The van der Waals surface area contributed by atoms with Gasteiger partial charge in [-0.25, -0.2) is 13.1 Å². The molecule has 2 rings (SSSR count). The Morgan fingerprint density at radius 2 is 1.92 bits per heavy atom.